The first-order chi connectivity index (χ1) is 9.50. The highest BCUT2D eigenvalue weighted by molar-refractivity contribution is 9.10. The van der Waals surface area contributed by atoms with E-state index in [2.05, 4.69) is 33.5 Å². The topological polar surface area (TPSA) is 38.0 Å². The maximum Gasteiger partial charge on any atom is 0.182 e. The van der Waals surface area contributed by atoms with Gasteiger partial charge in [0.05, 0.1) is 5.69 Å². The fourth-order valence-electron chi connectivity index (χ4n) is 1.71. The van der Waals surface area contributed by atoms with Crippen molar-refractivity contribution in [3.8, 4) is 0 Å². The number of thiocarbonyl (C=S) groups is 1. The van der Waals surface area contributed by atoms with Crippen LogP contribution in [-0.2, 0) is 6.54 Å². The van der Waals surface area contributed by atoms with E-state index in [9.17, 15) is 8.78 Å². The molecule has 0 spiro atoms. The molecule has 0 fully saturated rings. The molecule has 0 aliphatic heterocycles. The van der Waals surface area contributed by atoms with Crippen LogP contribution in [0, 0.1) is 11.6 Å². The maximum atomic E-state index is 13.9. The van der Waals surface area contributed by atoms with Gasteiger partial charge in [-0.2, -0.15) is 0 Å². The van der Waals surface area contributed by atoms with Gasteiger partial charge >= 0.3 is 0 Å². The summed E-state index contributed by atoms with van der Waals surface area (Å²) >= 11 is 8.05. The van der Waals surface area contributed by atoms with E-state index in [0.29, 0.717) is 6.54 Å². The zero-order valence-electron chi connectivity index (χ0n) is 10.3. The van der Waals surface area contributed by atoms with Crippen LogP contribution in [0.4, 0.5) is 14.5 Å². The Kier molecular flexibility index (Phi) is 4.67. The molecule has 0 saturated carbocycles. The van der Waals surface area contributed by atoms with E-state index in [0.717, 1.165) is 10.0 Å². The van der Waals surface area contributed by atoms with E-state index in [-0.39, 0.29) is 16.2 Å². The molecule has 0 amide bonds. The predicted molar refractivity (Wildman–Crippen MR) is 83.7 cm³/mol. The Hall–Kier alpha value is -1.53. The minimum Gasteiger partial charge on any atom is -0.389 e. The van der Waals surface area contributed by atoms with Crippen LogP contribution in [-0.4, -0.2) is 4.99 Å². The molecule has 0 aromatic heterocycles. The molecule has 0 unspecified atom stereocenters. The smallest absolute Gasteiger partial charge is 0.182 e. The van der Waals surface area contributed by atoms with E-state index in [1.54, 1.807) is 0 Å². The van der Waals surface area contributed by atoms with Crippen LogP contribution < -0.4 is 11.1 Å². The molecule has 104 valence electrons. The van der Waals surface area contributed by atoms with E-state index in [1.807, 2.05) is 24.3 Å². The molecule has 0 heterocycles. The van der Waals surface area contributed by atoms with Gasteiger partial charge in [0.1, 0.15) is 4.99 Å². The normalized spacial score (nSPS) is 10.3. The van der Waals surface area contributed by atoms with Gasteiger partial charge < -0.3 is 11.1 Å². The van der Waals surface area contributed by atoms with Crippen molar-refractivity contribution in [3.05, 3.63) is 63.6 Å². The van der Waals surface area contributed by atoms with Crippen LogP contribution in [0.3, 0.4) is 0 Å². The monoisotopic (exact) mass is 356 g/mol. The molecule has 20 heavy (non-hydrogen) atoms. The predicted octanol–water partition coefficient (Wildman–Crippen LogP) is 3.97. The summed E-state index contributed by atoms with van der Waals surface area (Å²) in [6.45, 7) is 0.365. The summed E-state index contributed by atoms with van der Waals surface area (Å²) in [6, 6.07) is 10.3. The second-order valence-electron chi connectivity index (χ2n) is 4.10. The molecular weight excluding hydrogens is 346 g/mol. The minimum atomic E-state index is -1.03. The lowest BCUT2D eigenvalue weighted by Crippen LogP contribution is -2.14. The van der Waals surface area contributed by atoms with Gasteiger partial charge in [0, 0.05) is 16.6 Å². The van der Waals surface area contributed by atoms with Gasteiger partial charge in [0.15, 0.2) is 11.6 Å². The first-order valence-corrected chi connectivity index (χ1v) is 6.96. The number of rotatable bonds is 4. The quantitative estimate of drug-likeness (QED) is 0.814. The molecule has 0 aliphatic rings. The molecule has 0 radical (unpaired) electrons. The Morgan fingerprint density at radius 3 is 2.50 bits per heavy atom. The third-order valence-corrected chi connectivity index (χ3v) is 3.77. The molecule has 0 bridgehead atoms. The molecule has 2 nitrogen and oxygen atoms in total. The zero-order valence-corrected chi connectivity index (χ0v) is 12.7. The molecule has 3 N–H and O–H groups in total. The van der Waals surface area contributed by atoms with Gasteiger partial charge in [0.2, 0.25) is 0 Å². The first-order valence-electron chi connectivity index (χ1n) is 5.75. The van der Waals surface area contributed by atoms with Gasteiger partial charge in [0.25, 0.3) is 0 Å². The Balaban J connectivity index is 2.21. The highest BCUT2D eigenvalue weighted by Gasteiger charge is 2.14. The lowest BCUT2D eigenvalue weighted by atomic mass is 10.1. The van der Waals surface area contributed by atoms with E-state index >= 15 is 0 Å². The zero-order chi connectivity index (χ0) is 14.7. The van der Waals surface area contributed by atoms with Crippen LogP contribution in [0.5, 0.6) is 0 Å². The van der Waals surface area contributed by atoms with Crippen molar-refractivity contribution in [2.45, 2.75) is 6.54 Å². The number of nitrogens with two attached hydrogens (primary N) is 1. The summed E-state index contributed by atoms with van der Waals surface area (Å²) in [7, 11) is 0. The molecule has 0 atom stereocenters. The molecular formula is C14H11BrF2N2S. The van der Waals surface area contributed by atoms with Crippen molar-refractivity contribution in [3.63, 3.8) is 0 Å². The van der Waals surface area contributed by atoms with Crippen molar-refractivity contribution < 1.29 is 8.78 Å². The van der Waals surface area contributed by atoms with Crippen LogP contribution in [0.1, 0.15) is 11.1 Å². The Morgan fingerprint density at radius 2 is 1.85 bits per heavy atom. The van der Waals surface area contributed by atoms with Gasteiger partial charge in [-0.3, -0.25) is 0 Å². The number of hydrogen-bond donors (Lipinski definition) is 2. The van der Waals surface area contributed by atoms with Crippen molar-refractivity contribution in [2.75, 3.05) is 5.32 Å². The van der Waals surface area contributed by atoms with Gasteiger partial charge in [-0.1, -0.05) is 46.3 Å². The average Bonchev–Trinajstić information content (AvgIpc) is 2.41. The second kappa shape index (κ2) is 6.28. The maximum absolute atomic E-state index is 13.9. The lowest BCUT2D eigenvalue weighted by Gasteiger charge is -2.11. The SMILES string of the molecule is NC(=S)c1ccc(NCc2ccccc2Br)c(F)c1F. The van der Waals surface area contributed by atoms with Crippen LogP contribution in [0.2, 0.25) is 0 Å². The summed E-state index contributed by atoms with van der Waals surface area (Å²) in [5.41, 5.74) is 6.23. The molecule has 2 aromatic rings. The number of halogens is 3. The number of anilines is 1. The highest BCUT2D eigenvalue weighted by Crippen LogP contribution is 2.23. The van der Waals surface area contributed by atoms with Gasteiger partial charge in [-0.15, -0.1) is 0 Å². The standard InChI is InChI=1S/C14H11BrF2N2S/c15-10-4-2-1-3-8(10)7-19-11-6-5-9(14(18)20)12(16)13(11)17/h1-6,19H,7H2,(H2,18,20). The molecule has 6 heteroatoms. The summed E-state index contributed by atoms with van der Waals surface area (Å²) in [6.07, 6.45) is 0. The van der Waals surface area contributed by atoms with Crippen LogP contribution >= 0.6 is 28.1 Å². The molecule has 2 aromatic carbocycles. The first kappa shape index (κ1) is 14.9. The third kappa shape index (κ3) is 3.13. The largest absolute Gasteiger partial charge is 0.389 e. The average molecular weight is 357 g/mol. The molecule has 0 saturated heterocycles. The lowest BCUT2D eigenvalue weighted by molar-refractivity contribution is 0.509. The van der Waals surface area contributed by atoms with E-state index in [1.165, 1.54) is 12.1 Å². The number of benzene rings is 2. The second-order valence-corrected chi connectivity index (χ2v) is 5.39. The van der Waals surface area contributed by atoms with Crippen molar-refractivity contribution in [1.29, 1.82) is 0 Å². The summed E-state index contributed by atoms with van der Waals surface area (Å²) in [5.74, 6) is -2.02. The Labute approximate surface area is 129 Å². The fraction of sp³-hybridized carbons (Fsp3) is 0.0714. The summed E-state index contributed by atoms with van der Waals surface area (Å²) in [4.78, 5) is -0.168. The molecule has 2 rings (SSSR count). The van der Waals surface area contributed by atoms with Crippen LogP contribution in [0.15, 0.2) is 40.9 Å². The van der Waals surface area contributed by atoms with E-state index in [4.69, 9.17) is 5.73 Å². The number of hydrogen-bond acceptors (Lipinski definition) is 2. The minimum absolute atomic E-state index is 0.0678. The van der Waals surface area contributed by atoms with Crippen molar-refractivity contribution in [1.82, 2.24) is 0 Å². The Bertz CT molecular complexity index is 662. The molecule has 0 aliphatic carbocycles. The Morgan fingerprint density at radius 1 is 1.15 bits per heavy atom. The number of nitrogens with one attached hydrogen (secondary N) is 1. The fourth-order valence-corrected chi connectivity index (χ4v) is 2.29. The van der Waals surface area contributed by atoms with Crippen LogP contribution in [0.25, 0.3) is 0 Å². The van der Waals surface area contributed by atoms with E-state index < -0.39 is 11.6 Å². The summed E-state index contributed by atoms with van der Waals surface area (Å²) < 4.78 is 28.5. The van der Waals surface area contributed by atoms with Gasteiger partial charge in [-0.05, 0) is 23.8 Å². The van der Waals surface area contributed by atoms with Crippen molar-refractivity contribution in [2.24, 2.45) is 5.73 Å². The van der Waals surface area contributed by atoms with Gasteiger partial charge in [-0.25, -0.2) is 8.78 Å². The van der Waals surface area contributed by atoms with Crippen molar-refractivity contribution >= 4 is 38.8 Å². The highest BCUT2D eigenvalue weighted by atomic mass is 79.9. The third-order valence-electron chi connectivity index (χ3n) is 2.77. The summed E-state index contributed by atoms with van der Waals surface area (Å²) in [5, 5.41) is 2.85.